The number of nitriles is 1. The van der Waals surface area contributed by atoms with Gasteiger partial charge in [-0.1, -0.05) is 12.0 Å². The van der Waals surface area contributed by atoms with Gasteiger partial charge in [-0.3, -0.25) is 9.59 Å². The molecule has 0 heterocycles. The molecule has 1 rings (SSSR count). The van der Waals surface area contributed by atoms with E-state index >= 15 is 0 Å². The number of thiocyanates is 1. The number of nitrogens with zero attached hydrogens (tertiary/aromatic N) is 1. The van der Waals surface area contributed by atoms with Gasteiger partial charge in [-0.05, 0) is 63.8 Å². The summed E-state index contributed by atoms with van der Waals surface area (Å²) in [5.41, 5.74) is 0.428. The summed E-state index contributed by atoms with van der Waals surface area (Å²) in [5, 5.41) is 19.7. The molecule has 0 aliphatic rings. The Bertz CT molecular complexity index is 998. The van der Waals surface area contributed by atoms with Crippen molar-refractivity contribution in [1.82, 2.24) is 16.0 Å². The number of carbonyl (C=O) groups is 2. The Kier molecular flexibility index (Phi) is 21.8. The van der Waals surface area contributed by atoms with Gasteiger partial charge in [0.2, 0.25) is 5.91 Å². The number of benzene rings is 1. The van der Waals surface area contributed by atoms with Crippen molar-refractivity contribution >= 4 is 23.6 Å². The Morgan fingerprint density at radius 1 is 0.952 bits per heavy atom. The second-order valence-corrected chi connectivity index (χ2v) is 10.0. The number of rotatable bonds is 25. The van der Waals surface area contributed by atoms with Crippen molar-refractivity contribution in [3.05, 3.63) is 29.8 Å². The third-order valence-corrected chi connectivity index (χ3v) is 6.03. The Balaban J connectivity index is 2.28. The number of ether oxygens (including phenoxy) is 6. The van der Waals surface area contributed by atoms with Gasteiger partial charge >= 0.3 is 0 Å². The number of hydrogen-bond acceptors (Lipinski definition) is 11. The number of thioether (sulfide) groups is 1. The average Bonchev–Trinajstić information content (AvgIpc) is 2.98. The lowest BCUT2D eigenvalue weighted by atomic mass is 10.2. The fourth-order valence-electron chi connectivity index (χ4n) is 3.13. The van der Waals surface area contributed by atoms with Crippen molar-refractivity contribution < 1.29 is 38.0 Å². The zero-order chi connectivity index (χ0) is 30.7. The summed E-state index contributed by atoms with van der Waals surface area (Å²) < 4.78 is 33.3. The molecule has 42 heavy (non-hydrogen) atoms. The molecule has 0 saturated heterocycles. The third-order valence-electron chi connectivity index (χ3n) is 5.27. The summed E-state index contributed by atoms with van der Waals surface area (Å²) in [6, 6.07) is 6.73. The standard InChI is InChI=1S/C29H44N4O8S/c1-4-5-11-32-27(34)22-39-19-20-41-29(2,42-24-30)23-40-26-9-6-8-25(21-26)28(35)33-12-14-37-16-18-38-17-15-36-13-7-10-31-3/h6,8-9,21,31H,7,10-20,22-23H2,1-3H3,(H,32,34)(H,33,35). The zero-order valence-corrected chi connectivity index (χ0v) is 25.6. The van der Waals surface area contributed by atoms with Crippen LogP contribution in [0.2, 0.25) is 0 Å². The second-order valence-electron chi connectivity index (χ2n) is 8.80. The van der Waals surface area contributed by atoms with E-state index in [0.717, 1.165) is 24.7 Å². The van der Waals surface area contributed by atoms with Crippen LogP contribution in [-0.4, -0.2) is 109 Å². The van der Waals surface area contributed by atoms with Gasteiger partial charge in [0.1, 0.15) is 24.4 Å². The molecule has 3 N–H and O–H groups in total. The van der Waals surface area contributed by atoms with Crippen LogP contribution in [0.4, 0.5) is 0 Å². The SMILES string of the molecule is CC#CCNC(=O)COCCOC(C)(COc1cccc(C(=O)NCCOCCOCCOCCCNC)c1)SC#N. The smallest absolute Gasteiger partial charge is 0.251 e. The zero-order valence-electron chi connectivity index (χ0n) is 24.8. The number of nitrogens with one attached hydrogen (secondary N) is 3. The van der Waals surface area contributed by atoms with Gasteiger partial charge < -0.3 is 44.4 Å². The van der Waals surface area contributed by atoms with Gasteiger partial charge in [0.15, 0.2) is 4.93 Å². The van der Waals surface area contributed by atoms with Gasteiger partial charge in [-0.2, -0.15) is 5.26 Å². The molecular formula is C29H44N4O8S. The lowest BCUT2D eigenvalue weighted by Crippen LogP contribution is -2.34. The van der Waals surface area contributed by atoms with Crippen LogP contribution in [0.3, 0.4) is 0 Å². The maximum Gasteiger partial charge on any atom is 0.251 e. The second kappa shape index (κ2) is 24.7. The number of amides is 2. The molecule has 1 aromatic rings. The summed E-state index contributed by atoms with van der Waals surface area (Å²) >= 11 is 0.910. The highest BCUT2D eigenvalue weighted by molar-refractivity contribution is 8.04. The van der Waals surface area contributed by atoms with E-state index in [1.165, 1.54) is 0 Å². The molecule has 0 radical (unpaired) electrons. The first-order chi connectivity index (χ1) is 20.4. The van der Waals surface area contributed by atoms with Crippen molar-refractivity contribution in [2.75, 3.05) is 92.8 Å². The van der Waals surface area contributed by atoms with Crippen molar-refractivity contribution in [2.24, 2.45) is 0 Å². The topological polar surface area (TPSA) is 149 Å². The molecule has 234 valence electrons. The molecule has 2 amide bonds. The van der Waals surface area contributed by atoms with Gasteiger partial charge in [-0.25, -0.2) is 0 Å². The van der Waals surface area contributed by atoms with Gasteiger partial charge in [0, 0.05) is 18.7 Å². The van der Waals surface area contributed by atoms with Crippen LogP contribution in [0.5, 0.6) is 5.75 Å². The minimum absolute atomic E-state index is 0.0465. The van der Waals surface area contributed by atoms with E-state index in [1.807, 2.05) is 12.4 Å². The molecule has 1 aromatic carbocycles. The van der Waals surface area contributed by atoms with Crippen LogP contribution in [0.15, 0.2) is 24.3 Å². The highest BCUT2D eigenvalue weighted by Gasteiger charge is 2.28. The summed E-state index contributed by atoms with van der Waals surface area (Å²) in [6.45, 7) is 8.22. The van der Waals surface area contributed by atoms with E-state index in [0.29, 0.717) is 57.5 Å². The Labute approximate surface area is 253 Å². The molecule has 1 atom stereocenters. The van der Waals surface area contributed by atoms with E-state index in [1.54, 1.807) is 38.1 Å². The number of carbonyl (C=O) groups excluding carboxylic acids is 2. The molecule has 0 aromatic heterocycles. The maximum atomic E-state index is 12.5. The van der Waals surface area contributed by atoms with Crippen molar-refractivity contribution in [3.8, 4) is 23.0 Å². The fourth-order valence-corrected chi connectivity index (χ4v) is 3.59. The van der Waals surface area contributed by atoms with E-state index in [9.17, 15) is 14.9 Å². The molecule has 0 bridgehead atoms. The molecule has 0 aliphatic carbocycles. The summed E-state index contributed by atoms with van der Waals surface area (Å²) in [7, 11) is 1.91. The van der Waals surface area contributed by atoms with Crippen LogP contribution in [0.25, 0.3) is 0 Å². The van der Waals surface area contributed by atoms with Crippen LogP contribution in [0, 0.1) is 22.5 Å². The first-order valence-electron chi connectivity index (χ1n) is 13.8. The predicted octanol–water partition coefficient (Wildman–Crippen LogP) is 1.56. The van der Waals surface area contributed by atoms with E-state index < -0.39 is 4.93 Å². The fraction of sp³-hybridized carbons (Fsp3) is 0.621. The van der Waals surface area contributed by atoms with E-state index in [2.05, 4.69) is 27.8 Å². The Morgan fingerprint density at radius 2 is 1.67 bits per heavy atom. The molecule has 12 nitrogen and oxygen atoms in total. The monoisotopic (exact) mass is 608 g/mol. The van der Waals surface area contributed by atoms with E-state index in [4.69, 9.17) is 28.4 Å². The Morgan fingerprint density at radius 3 is 2.38 bits per heavy atom. The molecule has 0 aliphatic heterocycles. The summed E-state index contributed by atoms with van der Waals surface area (Å²) in [5.74, 6) is 5.34. The minimum Gasteiger partial charge on any atom is -0.490 e. The van der Waals surface area contributed by atoms with Crippen LogP contribution in [0.1, 0.15) is 30.6 Å². The molecular weight excluding hydrogens is 564 g/mol. The molecule has 0 saturated carbocycles. The normalized spacial score (nSPS) is 12.0. The third kappa shape index (κ3) is 19.3. The number of hydrogen-bond donors (Lipinski definition) is 3. The largest absolute Gasteiger partial charge is 0.490 e. The van der Waals surface area contributed by atoms with Crippen LogP contribution >= 0.6 is 11.8 Å². The van der Waals surface area contributed by atoms with Crippen LogP contribution < -0.4 is 20.7 Å². The van der Waals surface area contributed by atoms with Crippen molar-refractivity contribution in [3.63, 3.8) is 0 Å². The summed E-state index contributed by atoms with van der Waals surface area (Å²) in [4.78, 5) is 23.2. The first kappa shape index (κ1) is 37.1. The lowest BCUT2D eigenvalue weighted by Gasteiger charge is -2.26. The first-order valence-corrected chi connectivity index (χ1v) is 14.6. The predicted molar refractivity (Wildman–Crippen MR) is 160 cm³/mol. The van der Waals surface area contributed by atoms with E-state index in [-0.39, 0.29) is 44.8 Å². The summed E-state index contributed by atoms with van der Waals surface area (Å²) in [6.07, 6.45) is 0.968. The molecule has 0 fully saturated rings. The highest BCUT2D eigenvalue weighted by Crippen LogP contribution is 2.27. The lowest BCUT2D eigenvalue weighted by molar-refractivity contribution is -0.126. The van der Waals surface area contributed by atoms with Crippen molar-refractivity contribution in [1.29, 1.82) is 5.26 Å². The molecule has 13 heteroatoms. The average molecular weight is 609 g/mol. The Hall–Kier alpha value is -2.88. The highest BCUT2D eigenvalue weighted by atomic mass is 32.2. The maximum absolute atomic E-state index is 12.5. The quantitative estimate of drug-likeness (QED) is 0.0643. The van der Waals surface area contributed by atoms with Crippen molar-refractivity contribution in [2.45, 2.75) is 25.2 Å². The minimum atomic E-state index is -0.990. The molecule has 0 spiro atoms. The van der Waals surface area contributed by atoms with Gasteiger partial charge in [-0.15, -0.1) is 5.92 Å². The molecule has 1 unspecified atom stereocenters. The van der Waals surface area contributed by atoms with Gasteiger partial charge in [0.05, 0.1) is 52.8 Å². The van der Waals surface area contributed by atoms with Gasteiger partial charge in [0.25, 0.3) is 5.91 Å². The van der Waals surface area contributed by atoms with Crippen LogP contribution in [-0.2, 0) is 28.5 Å².